The van der Waals surface area contributed by atoms with Crippen LogP contribution in [-0.4, -0.2) is 46.9 Å². The Balaban J connectivity index is 0.000000101. The molecule has 0 saturated carbocycles. The van der Waals surface area contributed by atoms with Gasteiger partial charge in [-0.2, -0.15) is 0 Å². The highest BCUT2D eigenvalue weighted by Gasteiger charge is 2.28. The molecule has 14 nitrogen and oxygen atoms in total. The molecule has 0 spiro atoms. The van der Waals surface area contributed by atoms with Crippen molar-refractivity contribution in [2.45, 2.75) is 0 Å². The Morgan fingerprint density at radius 1 is 0.154 bits per heavy atom. The van der Waals surface area contributed by atoms with E-state index in [4.69, 9.17) is 28.2 Å². The predicted octanol–water partition coefficient (Wildman–Crippen LogP) is 34.1. The van der Waals surface area contributed by atoms with Crippen LogP contribution in [-0.2, 0) is 0 Å². The van der Waals surface area contributed by atoms with Crippen molar-refractivity contribution in [1.29, 1.82) is 0 Å². The molecule has 19 aromatic carbocycles. The third kappa shape index (κ3) is 12.1. The van der Waals surface area contributed by atoms with Crippen molar-refractivity contribution in [3.05, 3.63) is 480 Å². The van der Waals surface area contributed by atoms with Crippen LogP contribution in [0.2, 0.25) is 0 Å². The fourth-order valence-electron chi connectivity index (χ4n) is 23.1. The molecule has 0 aliphatic carbocycles. The molecule has 13 aromatic heterocycles. The van der Waals surface area contributed by atoms with Gasteiger partial charge in [-0.25, -0.2) is 15.0 Å². The molecule has 668 valence electrons. The van der Waals surface area contributed by atoms with Gasteiger partial charge in [0.25, 0.3) is 0 Å². The molecule has 143 heavy (non-hydrogen) atoms. The molecule has 0 amide bonds. The Hall–Kier alpha value is -19.6. The summed E-state index contributed by atoms with van der Waals surface area (Å²) in [4.78, 5) is 16.9. The number of benzene rings is 19. The van der Waals surface area contributed by atoms with Crippen LogP contribution in [0.3, 0.4) is 0 Å². The molecule has 0 radical (unpaired) electrons. The molecule has 13 heterocycles. The lowest BCUT2D eigenvalue weighted by atomic mass is 10.1. The molecule has 0 saturated heterocycles. The van der Waals surface area contributed by atoms with Gasteiger partial charge in [0.05, 0.1) is 77.2 Å². The van der Waals surface area contributed by atoms with E-state index in [9.17, 15) is 0 Å². The highest BCUT2D eigenvalue weighted by atomic mass is 16.3. The monoisotopic (exact) mass is 1830 g/mol. The smallest absolute Gasteiger partial charge is 0.181 e. The first-order valence-electron chi connectivity index (χ1n) is 48.3. The number of fused-ring (bicyclic) bond motifs is 30. The van der Waals surface area contributed by atoms with E-state index < -0.39 is 0 Å². The van der Waals surface area contributed by atoms with Crippen LogP contribution < -0.4 is 4.90 Å². The first kappa shape index (κ1) is 79.6. The Bertz CT molecular complexity index is 10600. The molecule has 0 fully saturated rings. The minimum atomic E-state index is 0.763. The van der Waals surface area contributed by atoms with Crippen molar-refractivity contribution in [1.82, 2.24) is 46.9 Å². The second kappa shape index (κ2) is 31.5. The zero-order valence-electron chi connectivity index (χ0n) is 76.8. The van der Waals surface area contributed by atoms with E-state index in [1.165, 1.54) is 120 Å². The Morgan fingerprint density at radius 2 is 0.357 bits per heavy atom. The van der Waals surface area contributed by atoms with Gasteiger partial charge >= 0.3 is 0 Å². The predicted molar refractivity (Wildman–Crippen MR) is 590 cm³/mol. The van der Waals surface area contributed by atoms with Gasteiger partial charge in [-0.05, 0) is 206 Å². The number of hydrogen-bond donors (Lipinski definition) is 0. The van der Waals surface area contributed by atoms with Crippen LogP contribution in [0.15, 0.2) is 493 Å². The Kier molecular flexibility index (Phi) is 17.5. The standard InChI is InChI=1S/2C47H28N4O.C35H23N3O/c1-6-16-39-31(11-1)32-12-2-7-17-40(32)49(39)29-21-23-44-37(27-29)35-15-5-8-18-41(35)50(44)30-22-24-45-38(28-30)36-25-26-48-47(46(36)52-45)51-42-19-9-3-13-33(42)34-14-4-10-20-43(34)51;1-6-16-39-31(11-1)32-12-2-7-17-40(32)49(39)29-21-23-44-37(27-29)35-15-5-10-20-43(35)51(44)47-46-36(25-26-48-47)38-28-30(22-24-45(38)52-46)50-41-18-8-3-13-33(41)34-14-4-9-19-42(34)50;1-3-11-24(12-4-1)37(25-13-5-2-6-14-25)35-34-29(21-22-36-35)30-23-26(19-20-33(30)39-34)38-31-17-9-7-15-27(31)28-16-8-10-18-32(28)38/h2*1-28H;1-23H. The van der Waals surface area contributed by atoms with Gasteiger partial charge in [-0.1, -0.05) is 255 Å². The maximum absolute atomic E-state index is 6.73. The molecule has 0 unspecified atom stereocenters. The Morgan fingerprint density at radius 3 is 0.636 bits per heavy atom. The largest absolute Gasteiger partial charge is 0.452 e. The zero-order chi connectivity index (χ0) is 93.6. The van der Waals surface area contributed by atoms with Crippen molar-refractivity contribution < 1.29 is 13.3 Å². The van der Waals surface area contributed by atoms with Crippen LogP contribution in [0.1, 0.15) is 0 Å². The first-order valence-corrected chi connectivity index (χ1v) is 48.3. The van der Waals surface area contributed by atoms with Crippen molar-refractivity contribution in [3.8, 4) is 40.1 Å². The lowest BCUT2D eigenvalue weighted by Crippen LogP contribution is -2.11. The summed E-state index contributed by atoms with van der Waals surface area (Å²) >= 11 is 0. The molecule has 32 rings (SSSR count). The van der Waals surface area contributed by atoms with Gasteiger partial charge in [0, 0.05) is 166 Å². The number of hydrogen-bond acceptors (Lipinski definition) is 7. The highest BCUT2D eigenvalue weighted by molar-refractivity contribution is 6.20. The van der Waals surface area contributed by atoms with Crippen LogP contribution in [0.5, 0.6) is 0 Å². The third-order valence-electron chi connectivity index (χ3n) is 29.2. The number of aromatic nitrogens is 10. The molecule has 0 aliphatic heterocycles. The van der Waals surface area contributed by atoms with Gasteiger partial charge in [-0.3, -0.25) is 14.0 Å². The van der Waals surface area contributed by atoms with E-state index in [2.05, 4.69) is 462 Å². The van der Waals surface area contributed by atoms with Crippen molar-refractivity contribution in [2.75, 3.05) is 4.90 Å². The van der Waals surface area contributed by atoms with Gasteiger partial charge in [0.1, 0.15) is 16.7 Å². The van der Waals surface area contributed by atoms with Gasteiger partial charge in [0.2, 0.25) is 0 Å². The molecule has 0 atom stereocenters. The van der Waals surface area contributed by atoms with E-state index in [1.54, 1.807) is 0 Å². The maximum Gasteiger partial charge on any atom is 0.181 e. The molecular formula is C129H79N11O3. The van der Waals surface area contributed by atoms with E-state index in [-0.39, 0.29) is 0 Å². The summed E-state index contributed by atoms with van der Waals surface area (Å²) in [5.74, 6) is 2.34. The fourth-order valence-corrected chi connectivity index (χ4v) is 23.1. The lowest BCUT2D eigenvalue weighted by Gasteiger charge is -2.24. The average molecular weight is 1830 g/mol. The third-order valence-corrected chi connectivity index (χ3v) is 29.2. The van der Waals surface area contributed by atoms with Gasteiger partial charge in [0.15, 0.2) is 34.2 Å². The fraction of sp³-hybridized carbons (Fsp3) is 0. The zero-order valence-corrected chi connectivity index (χ0v) is 76.8. The van der Waals surface area contributed by atoms with Crippen molar-refractivity contribution in [2.24, 2.45) is 0 Å². The molecule has 0 N–H and O–H groups in total. The first-order chi connectivity index (χ1) is 71.0. The van der Waals surface area contributed by atoms with Crippen LogP contribution >= 0.6 is 0 Å². The van der Waals surface area contributed by atoms with Gasteiger partial charge < -0.3 is 36.1 Å². The van der Waals surface area contributed by atoms with E-state index >= 15 is 0 Å². The summed E-state index contributed by atoms with van der Waals surface area (Å²) in [6.45, 7) is 0. The lowest BCUT2D eigenvalue weighted by molar-refractivity contribution is 0.663. The number of pyridine rings is 3. The highest BCUT2D eigenvalue weighted by Crippen LogP contribution is 2.48. The molecular weight excluding hydrogens is 1750 g/mol. The van der Waals surface area contributed by atoms with Crippen LogP contribution in [0.25, 0.3) is 259 Å². The summed E-state index contributed by atoms with van der Waals surface area (Å²) in [5.41, 5.74) is 28.7. The molecule has 32 aromatic rings. The van der Waals surface area contributed by atoms with E-state index in [1.807, 2.05) is 55.0 Å². The summed E-state index contributed by atoms with van der Waals surface area (Å²) in [6, 6.07) is 163. The minimum absolute atomic E-state index is 0.763. The summed E-state index contributed by atoms with van der Waals surface area (Å²) < 4.78 is 36.3. The second-order valence-corrected chi connectivity index (χ2v) is 36.8. The SMILES string of the molecule is c1ccc(N(c2ccccc2)c2nccc3c2oc2ccc(-n4c5ccccc5c5ccccc54)cc23)cc1.c1ccc2c(c1)c1ccccc1n2-c1ccc2c(c1)c1ccccc1n2-c1ccc2oc3c(-n4c5ccccc5c5ccccc54)nccc3c2c1.c1ccc2c(c1)c1ccccc1n2-c1ccc2oc3c(-n4c5ccccc5c5cc(-n6c7ccccc7c7ccccc76)ccc54)nccc3c2c1. The van der Waals surface area contributed by atoms with Crippen LogP contribution in [0, 0.1) is 0 Å². The summed E-state index contributed by atoms with van der Waals surface area (Å²) in [7, 11) is 0. The van der Waals surface area contributed by atoms with E-state index in [0.717, 1.165) is 156 Å². The normalized spacial score (nSPS) is 12.1. The van der Waals surface area contributed by atoms with Gasteiger partial charge in [-0.15, -0.1) is 0 Å². The molecule has 0 aliphatic rings. The number of para-hydroxylation sites is 14. The molecule has 14 heteroatoms. The topological polar surface area (TPSA) is 116 Å². The summed E-state index contributed by atoms with van der Waals surface area (Å²) in [6.07, 6.45) is 5.69. The second-order valence-electron chi connectivity index (χ2n) is 36.8. The number of rotatable bonds is 10. The Labute approximate surface area is 814 Å². The quantitative estimate of drug-likeness (QED) is 0.134. The average Bonchev–Trinajstić information content (AvgIpc) is 1.56. The molecule has 0 bridgehead atoms. The summed E-state index contributed by atoms with van der Waals surface area (Å²) in [5, 5.41) is 23.5. The van der Waals surface area contributed by atoms with E-state index in [0.29, 0.717) is 0 Å². The van der Waals surface area contributed by atoms with Crippen molar-refractivity contribution >= 4 is 236 Å². The maximum atomic E-state index is 6.73. The van der Waals surface area contributed by atoms with Crippen LogP contribution in [0.4, 0.5) is 17.2 Å². The number of nitrogens with zero attached hydrogens (tertiary/aromatic N) is 11. The van der Waals surface area contributed by atoms with Crippen molar-refractivity contribution in [3.63, 3.8) is 0 Å². The number of furan rings is 3. The number of anilines is 3. The minimum Gasteiger partial charge on any atom is -0.452 e.